The van der Waals surface area contributed by atoms with Gasteiger partial charge < -0.3 is 9.47 Å². The Morgan fingerprint density at radius 1 is 0.767 bits per heavy atom. The van der Waals surface area contributed by atoms with Crippen molar-refractivity contribution in [2.75, 3.05) is 14.2 Å². The lowest BCUT2D eigenvalue weighted by Gasteiger charge is -2.35. The third kappa shape index (κ3) is 8.18. The molecule has 1 aromatic carbocycles. The number of methoxy groups -OCH3 is 2. The molecule has 0 aromatic heterocycles. The molecule has 0 heterocycles. The second kappa shape index (κ2) is 14.0. The average Bonchev–Trinajstić information content (AvgIpc) is 2.75. The molecule has 0 amide bonds. The van der Waals surface area contributed by atoms with Crippen LogP contribution in [0.5, 0.6) is 0 Å². The topological polar surface area (TPSA) is 18.5 Å². The first-order valence-corrected chi connectivity index (χ1v) is 11.2. The minimum absolute atomic E-state index is 0.117. The van der Waals surface area contributed by atoms with Crippen LogP contribution in [0, 0.1) is 29.2 Å². The highest BCUT2D eigenvalue weighted by molar-refractivity contribution is 5.21. The second-order valence-corrected chi connectivity index (χ2v) is 8.24. The van der Waals surface area contributed by atoms with E-state index in [-0.39, 0.29) is 17.9 Å². The molecule has 0 saturated carbocycles. The molecule has 0 fully saturated rings. The number of rotatable bonds is 16. The number of ether oxygens (including phenoxy) is 2. The number of aryl methyl sites for hydroxylation is 1. The lowest BCUT2D eigenvalue weighted by molar-refractivity contribution is -0.230. The third-order valence-corrected chi connectivity index (χ3v) is 6.14. The van der Waals surface area contributed by atoms with Crippen molar-refractivity contribution in [2.45, 2.75) is 96.7 Å². The largest absolute Gasteiger partial charge is 0.353 e. The van der Waals surface area contributed by atoms with E-state index in [4.69, 9.17) is 9.47 Å². The predicted octanol–water partition coefficient (Wildman–Crippen LogP) is 7.72. The van der Waals surface area contributed by atoms with E-state index in [1.807, 2.05) is 6.92 Å². The molecular formula is C24H38F4O2. The van der Waals surface area contributed by atoms with Gasteiger partial charge in [0.2, 0.25) is 0 Å². The molecule has 30 heavy (non-hydrogen) atoms. The van der Waals surface area contributed by atoms with Crippen molar-refractivity contribution in [1.29, 1.82) is 0 Å². The van der Waals surface area contributed by atoms with Crippen molar-refractivity contribution in [3.8, 4) is 0 Å². The van der Waals surface area contributed by atoms with E-state index in [1.165, 1.54) is 32.1 Å². The summed E-state index contributed by atoms with van der Waals surface area (Å²) >= 11 is 0. The number of benzene rings is 1. The van der Waals surface area contributed by atoms with E-state index in [2.05, 4.69) is 6.92 Å². The van der Waals surface area contributed by atoms with E-state index in [0.717, 1.165) is 38.2 Å². The summed E-state index contributed by atoms with van der Waals surface area (Å²) in [5.41, 5.74) is -0.117. The Morgan fingerprint density at radius 2 is 1.30 bits per heavy atom. The van der Waals surface area contributed by atoms with Crippen LogP contribution in [0.3, 0.4) is 0 Å². The number of hydrogen-bond donors (Lipinski definition) is 0. The smallest absolute Gasteiger partial charge is 0.197 e. The van der Waals surface area contributed by atoms with Crippen LogP contribution in [0.25, 0.3) is 0 Å². The average molecular weight is 435 g/mol. The molecule has 174 valence electrons. The van der Waals surface area contributed by atoms with Crippen LogP contribution in [-0.2, 0) is 15.9 Å². The Bertz CT molecular complexity index is 618. The van der Waals surface area contributed by atoms with Gasteiger partial charge in [0.25, 0.3) is 0 Å². The van der Waals surface area contributed by atoms with Crippen LogP contribution in [0.15, 0.2) is 6.07 Å². The van der Waals surface area contributed by atoms with Crippen LogP contribution >= 0.6 is 0 Å². The molecule has 6 heteroatoms. The number of hydrogen-bond acceptors (Lipinski definition) is 2. The van der Waals surface area contributed by atoms with Crippen LogP contribution in [0.1, 0.15) is 90.0 Å². The van der Waals surface area contributed by atoms with Gasteiger partial charge in [-0.1, -0.05) is 58.3 Å². The molecule has 0 spiro atoms. The predicted molar refractivity (Wildman–Crippen MR) is 112 cm³/mol. The van der Waals surface area contributed by atoms with Crippen LogP contribution in [0.4, 0.5) is 17.6 Å². The van der Waals surface area contributed by atoms with Crippen molar-refractivity contribution in [3.05, 3.63) is 34.9 Å². The molecule has 0 aliphatic rings. The van der Waals surface area contributed by atoms with Gasteiger partial charge in [-0.25, -0.2) is 17.6 Å². The zero-order chi connectivity index (χ0) is 22.6. The van der Waals surface area contributed by atoms with Gasteiger partial charge >= 0.3 is 0 Å². The van der Waals surface area contributed by atoms with Crippen molar-refractivity contribution < 1.29 is 27.0 Å². The summed E-state index contributed by atoms with van der Waals surface area (Å²) in [7, 11) is 3.30. The van der Waals surface area contributed by atoms with Crippen molar-refractivity contribution >= 4 is 0 Å². The van der Waals surface area contributed by atoms with Gasteiger partial charge in [0.05, 0.1) is 0 Å². The van der Waals surface area contributed by atoms with E-state index >= 15 is 0 Å². The normalized spacial score (nSPS) is 13.1. The highest BCUT2D eigenvalue weighted by Gasteiger charge is 2.33. The molecule has 1 unspecified atom stereocenters. The fraction of sp³-hybridized carbons (Fsp3) is 0.750. The molecule has 1 atom stereocenters. The molecule has 0 aliphatic heterocycles. The fourth-order valence-electron chi connectivity index (χ4n) is 3.94. The third-order valence-electron chi connectivity index (χ3n) is 6.14. The Morgan fingerprint density at radius 3 is 1.87 bits per heavy atom. The first-order valence-electron chi connectivity index (χ1n) is 11.2. The van der Waals surface area contributed by atoms with Gasteiger partial charge in [0.15, 0.2) is 29.1 Å². The summed E-state index contributed by atoms with van der Waals surface area (Å²) < 4.78 is 64.7. The Labute approximate surface area is 179 Å². The van der Waals surface area contributed by atoms with E-state index < -0.39 is 29.1 Å². The lowest BCUT2D eigenvalue weighted by atomic mass is 9.87. The molecule has 0 aliphatic carbocycles. The molecule has 0 radical (unpaired) electrons. The zero-order valence-corrected chi connectivity index (χ0v) is 19.0. The highest BCUT2D eigenvalue weighted by Crippen LogP contribution is 2.32. The van der Waals surface area contributed by atoms with Gasteiger partial charge in [0.1, 0.15) is 0 Å². The van der Waals surface area contributed by atoms with E-state index in [9.17, 15) is 17.6 Å². The van der Waals surface area contributed by atoms with E-state index in [0.29, 0.717) is 6.42 Å². The van der Waals surface area contributed by atoms with Crippen molar-refractivity contribution in [3.63, 3.8) is 0 Å². The minimum atomic E-state index is -1.76. The van der Waals surface area contributed by atoms with Crippen LogP contribution < -0.4 is 0 Å². The van der Waals surface area contributed by atoms with Crippen LogP contribution in [-0.4, -0.2) is 20.0 Å². The molecule has 1 rings (SSSR count). The van der Waals surface area contributed by atoms with Gasteiger partial charge in [0, 0.05) is 20.1 Å². The first-order chi connectivity index (χ1) is 14.3. The molecule has 1 aromatic rings. The molecule has 2 nitrogen and oxygen atoms in total. The molecule has 0 bridgehead atoms. The van der Waals surface area contributed by atoms with Crippen LogP contribution in [0.2, 0.25) is 0 Å². The summed E-state index contributed by atoms with van der Waals surface area (Å²) in [5, 5.41) is 0. The van der Waals surface area contributed by atoms with Crippen molar-refractivity contribution in [1.82, 2.24) is 0 Å². The minimum Gasteiger partial charge on any atom is -0.353 e. The SMILES string of the molecule is CCCCCCCCC(CCCCCc1cc(F)c(F)c(F)c1F)C(C)(OC)OC. The standard InChI is InChI=1S/C24H38F4O2/c1-5-6-7-8-9-12-15-19(24(2,29-3)30-4)16-13-10-11-14-18-17-20(25)22(27)23(28)21(18)26/h17,19H,5-16H2,1-4H3. The number of halogens is 4. The monoisotopic (exact) mass is 434 g/mol. The summed E-state index contributed by atoms with van der Waals surface area (Å²) in [6, 6.07) is 0.752. The maximum atomic E-state index is 13.8. The highest BCUT2D eigenvalue weighted by atomic mass is 19.2. The molecular weight excluding hydrogens is 396 g/mol. The summed E-state index contributed by atoms with van der Waals surface area (Å²) in [4.78, 5) is 0. The Hall–Kier alpha value is -1.14. The molecule has 0 N–H and O–H groups in total. The van der Waals surface area contributed by atoms with Gasteiger partial charge in [-0.2, -0.15) is 0 Å². The maximum absolute atomic E-state index is 13.8. The quantitative estimate of drug-likeness (QED) is 0.0871. The van der Waals surface area contributed by atoms with Gasteiger partial charge in [-0.15, -0.1) is 0 Å². The first kappa shape index (κ1) is 26.9. The maximum Gasteiger partial charge on any atom is 0.197 e. The number of unbranched alkanes of at least 4 members (excludes halogenated alkanes) is 7. The second-order valence-electron chi connectivity index (χ2n) is 8.24. The fourth-order valence-corrected chi connectivity index (χ4v) is 3.94. The van der Waals surface area contributed by atoms with E-state index in [1.54, 1.807) is 14.2 Å². The molecule has 0 saturated heterocycles. The zero-order valence-electron chi connectivity index (χ0n) is 19.0. The summed E-state index contributed by atoms with van der Waals surface area (Å²) in [6.45, 7) is 4.16. The van der Waals surface area contributed by atoms with Crippen molar-refractivity contribution in [2.24, 2.45) is 5.92 Å². The summed E-state index contributed by atoms with van der Waals surface area (Å²) in [6.07, 6.45) is 11.6. The van der Waals surface area contributed by atoms with Gasteiger partial charge in [-0.3, -0.25) is 0 Å². The summed E-state index contributed by atoms with van der Waals surface area (Å²) in [5.74, 6) is -6.55. The van der Waals surface area contributed by atoms with Gasteiger partial charge in [-0.05, 0) is 44.2 Å². The lowest BCUT2D eigenvalue weighted by Crippen LogP contribution is -2.39. The Kier molecular flexibility index (Phi) is 12.6. The Balaban J connectivity index is 2.49.